The summed E-state index contributed by atoms with van der Waals surface area (Å²) in [5.41, 5.74) is 5.37. The number of hydrogen-bond acceptors (Lipinski definition) is 5. The predicted octanol–water partition coefficient (Wildman–Crippen LogP) is -0.753. The summed E-state index contributed by atoms with van der Waals surface area (Å²) in [5.74, 6) is 1.59. The third-order valence-corrected chi connectivity index (χ3v) is 1.74. The molecule has 0 aliphatic carbocycles. The van der Waals surface area contributed by atoms with Crippen LogP contribution in [0.1, 0.15) is 5.82 Å². The summed E-state index contributed by atoms with van der Waals surface area (Å²) in [4.78, 5) is 6.38. The van der Waals surface area contributed by atoms with Gasteiger partial charge in [-0.2, -0.15) is 4.98 Å². The van der Waals surface area contributed by atoms with Crippen LogP contribution in [0.4, 0.5) is 5.95 Å². The zero-order valence-corrected chi connectivity index (χ0v) is 8.99. The molecular weight excluding hydrogens is 180 g/mol. The van der Waals surface area contributed by atoms with E-state index in [9.17, 15) is 0 Å². The van der Waals surface area contributed by atoms with E-state index in [4.69, 9.17) is 5.73 Å². The highest BCUT2D eigenvalue weighted by Gasteiger charge is 2.06. The van der Waals surface area contributed by atoms with E-state index in [0.29, 0.717) is 19.0 Å². The molecule has 6 heteroatoms. The van der Waals surface area contributed by atoms with Crippen molar-refractivity contribution in [1.82, 2.24) is 19.7 Å². The smallest absolute Gasteiger partial charge is 0.242 e. The summed E-state index contributed by atoms with van der Waals surface area (Å²) in [7, 11) is 5.89. The zero-order valence-electron chi connectivity index (χ0n) is 8.99. The van der Waals surface area contributed by atoms with E-state index in [0.717, 1.165) is 12.4 Å². The fourth-order valence-electron chi connectivity index (χ4n) is 1.10. The van der Waals surface area contributed by atoms with Crippen molar-refractivity contribution in [2.75, 3.05) is 32.5 Å². The van der Waals surface area contributed by atoms with E-state index in [1.54, 1.807) is 4.68 Å². The molecule has 80 valence electrons. The first-order valence-corrected chi connectivity index (χ1v) is 4.62. The van der Waals surface area contributed by atoms with Crippen molar-refractivity contribution in [3.05, 3.63) is 5.82 Å². The molecule has 14 heavy (non-hydrogen) atoms. The predicted molar refractivity (Wildman–Crippen MR) is 55.9 cm³/mol. The van der Waals surface area contributed by atoms with Crippen molar-refractivity contribution < 1.29 is 0 Å². The van der Waals surface area contributed by atoms with Crippen LogP contribution in [0.15, 0.2) is 0 Å². The summed E-state index contributed by atoms with van der Waals surface area (Å²) in [6.45, 7) is 2.07. The first-order chi connectivity index (χ1) is 6.63. The van der Waals surface area contributed by atoms with Crippen molar-refractivity contribution in [2.24, 2.45) is 12.8 Å². The van der Waals surface area contributed by atoms with Crippen LogP contribution in [0.25, 0.3) is 0 Å². The van der Waals surface area contributed by atoms with Gasteiger partial charge in [0.1, 0.15) is 5.82 Å². The molecule has 0 bridgehead atoms. The molecule has 0 aliphatic heterocycles. The third-order valence-electron chi connectivity index (χ3n) is 1.74. The van der Waals surface area contributed by atoms with Gasteiger partial charge in [0.15, 0.2) is 0 Å². The summed E-state index contributed by atoms with van der Waals surface area (Å²) < 4.78 is 1.78. The third kappa shape index (κ3) is 2.97. The second-order valence-electron chi connectivity index (χ2n) is 3.43. The maximum Gasteiger partial charge on any atom is 0.242 e. The Kier molecular flexibility index (Phi) is 3.84. The van der Waals surface area contributed by atoms with E-state index in [-0.39, 0.29) is 0 Å². The summed E-state index contributed by atoms with van der Waals surface area (Å²) in [6.07, 6.45) is 0. The number of aromatic nitrogens is 3. The van der Waals surface area contributed by atoms with Crippen LogP contribution in [0.3, 0.4) is 0 Å². The largest absolute Gasteiger partial charge is 0.352 e. The molecule has 1 rings (SSSR count). The Balaban J connectivity index is 2.62. The van der Waals surface area contributed by atoms with E-state index in [1.165, 1.54) is 0 Å². The highest BCUT2D eigenvalue weighted by molar-refractivity contribution is 5.22. The SMILES string of the molecule is CN(C)Cc1nc(NCCN)nn1C. The maximum atomic E-state index is 5.37. The van der Waals surface area contributed by atoms with Gasteiger partial charge in [-0.05, 0) is 14.1 Å². The Morgan fingerprint density at radius 1 is 1.50 bits per heavy atom. The van der Waals surface area contributed by atoms with Gasteiger partial charge < -0.3 is 16.0 Å². The standard InChI is InChI=1S/C8H18N6/c1-13(2)6-7-11-8(10-5-4-9)12-14(7)3/h4-6,9H2,1-3H3,(H,10,12). The Labute approximate surface area is 84.1 Å². The number of anilines is 1. The van der Waals surface area contributed by atoms with Crippen LogP contribution in [0, 0.1) is 0 Å². The van der Waals surface area contributed by atoms with Crippen molar-refractivity contribution in [3.8, 4) is 0 Å². The highest BCUT2D eigenvalue weighted by atomic mass is 15.4. The Morgan fingerprint density at radius 3 is 2.79 bits per heavy atom. The van der Waals surface area contributed by atoms with Crippen molar-refractivity contribution in [2.45, 2.75) is 6.54 Å². The van der Waals surface area contributed by atoms with Gasteiger partial charge in [0.25, 0.3) is 0 Å². The average molecular weight is 198 g/mol. The first kappa shape index (κ1) is 10.9. The maximum absolute atomic E-state index is 5.37. The van der Waals surface area contributed by atoms with Gasteiger partial charge in [0, 0.05) is 20.1 Å². The molecule has 6 nitrogen and oxygen atoms in total. The minimum absolute atomic E-state index is 0.585. The van der Waals surface area contributed by atoms with Crippen LogP contribution >= 0.6 is 0 Å². The quantitative estimate of drug-likeness (QED) is 0.651. The second kappa shape index (κ2) is 4.92. The van der Waals surface area contributed by atoms with Gasteiger partial charge in [-0.25, -0.2) is 4.68 Å². The van der Waals surface area contributed by atoms with E-state index >= 15 is 0 Å². The molecule has 0 saturated carbocycles. The van der Waals surface area contributed by atoms with Crippen LogP contribution < -0.4 is 11.1 Å². The van der Waals surface area contributed by atoms with E-state index in [1.807, 2.05) is 21.1 Å². The number of rotatable bonds is 5. The number of nitrogens with one attached hydrogen (secondary N) is 1. The summed E-state index contributed by atoms with van der Waals surface area (Å²) in [5, 5.41) is 7.26. The minimum atomic E-state index is 0.585. The number of hydrogen-bond donors (Lipinski definition) is 2. The highest BCUT2D eigenvalue weighted by Crippen LogP contribution is 2.02. The lowest BCUT2D eigenvalue weighted by Crippen LogP contribution is -2.14. The van der Waals surface area contributed by atoms with Crippen molar-refractivity contribution >= 4 is 5.95 Å². The summed E-state index contributed by atoms with van der Waals surface area (Å²) in [6, 6.07) is 0. The van der Waals surface area contributed by atoms with Crippen molar-refractivity contribution in [3.63, 3.8) is 0 Å². The lowest BCUT2D eigenvalue weighted by Gasteiger charge is -2.06. The molecule has 0 aromatic carbocycles. The van der Waals surface area contributed by atoms with Gasteiger partial charge in [0.05, 0.1) is 6.54 Å². The molecule has 0 amide bonds. The fraction of sp³-hybridized carbons (Fsp3) is 0.750. The molecule has 1 heterocycles. The second-order valence-corrected chi connectivity index (χ2v) is 3.43. The number of nitrogens with two attached hydrogens (primary N) is 1. The molecule has 0 unspecified atom stereocenters. The molecular formula is C8H18N6. The fourth-order valence-corrected chi connectivity index (χ4v) is 1.10. The molecule has 0 aliphatic rings. The van der Waals surface area contributed by atoms with Crippen LogP contribution in [-0.2, 0) is 13.6 Å². The Bertz CT molecular complexity index is 279. The Morgan fingerprint density at radius 2 is 2.21 bits per heavy atom. The molecule has 0 spiro atoms. The van der Waals surface area contributed by atoms with Gasteiger partial charge in [-0.15, -0.1) is 5.10 Å². The zero-order chi connectivity index (χ0) is 10.6. The minimum Gasteiger partial charge on any atom is -0.352 e. The van der Waals surface area contributed by atoms with Crippen LogP contribution in [-0.4, -0.2) is 46.8 Å². The van der Waals surface area contributed by atoms with Gasteiger partial charge in [0.2, 0.25) is 5.95 Å². The number of nitrogens with zero attached hydrogens (tertiary/aromatic N) is 4. The van der Waals surface area contributed by atoms with Crippen LogP contribution in [0.5, 0.6) is 0 Å². The van der Waals surface area contributed by atoms with Gasteiger partial charge >= 0.3 is 0 Å². The van der Waals surface area contributed by atoms with E-state index in [2.05, 4.69) is 20.3 Å². The number of aryl methyl sites for hydroxylation is 1. The molecule has 1 aromatic rings. The van der Waals surface area contributed by atoms with Gasteiger partial charge in [-0.1, -0.05) is 0 Å². The molecule has 1 aromatic heterocycles. The van der Waals surface area contributed by atoms with Crippen LogP contribution in [0.2, 0.25) is 0 Å². The molecule has 0 atom stereocenters. The molecule has 0 radical (unpaired) electrons. The molecule has 3 N–H and O–H groups in total. The topological polar surface area (TPSA) is 72.0 Å². The first-order valence-electron chi connectivity index (χ1n) is 4.62. The van der Waals surface area contributed by atoms with Gasteiger partial charge in [-0.3, -0.25) is 0 Å². The normalized spacial score (nSPS) is 10.9. The molecule has 0 fully saturated rings. The monoisotopic (exact) mass is 198 g/mol. The summed E-state index contributed by atoms with van der Waals surface area (Å²) >= 11 is 0. The average Bonchev–Trinajstić information content (AvgIpc) is 2.43. The lowest BCUT2D eigenvalue weighted by molar-refractivity contribution is 0.381. The Hall–Kier alpha value is -1.14. The lowest BCUT2D eigenvalue weighted by atomic mass is 10.5. The molecule has 0 saturated heterocycles. The van der Waals surface area contributed by atoms with Crippen molar-refractivity contribution in [1.29, 1.82) is 0 Å². The van der Waals surface area contributed by atoms with E-state index < -0.39 is 0 Å².